The van der Waals surface area contributed by atoms with Crippen LogP contribution < -0.4 is 4.90 Å². The molecule has 2 aromatic heterocycles. The Hall–Kier alpha value is -3.02. The summed E-state index contributed by atoms with van der Waals surface area (Å²) in [6, 6.07) is 8.55. The van der Waals surface area contributed by atoms with Gasteiger partial charge in [-0.1, -0.05) is 19.1 Å². The van der Waals surface area contributed by atoms with Crippen LogP contribution in [0.1, 0.15) is 37.8 Å². The molecule has 1 aliphatic carbocycles. The van der Waals surface area contributed by atoms with Gasteiger partial charge in [0, 0.05) is 18.6 Å². The first-order chi connectivity index (χ1) is 13.6. The highest BCUT2D eigenvalue weighted by molar-refractivity contribution is 6.17. The summed E-state index contributed by atoms with van der Waals surface area (Å²) in [5.41, 5.74) is 1.24. The summed E-state index contributed by atoms with van der Waals surface area (Å²) in [4.78, 5) is 37.0. The van der Waals surface area contributed by atoms with E-state index in [0.717, 1.165) is 24.8 Å². The lowest BCUT2D eigenvalue weighted by Gasteiger charge is -2.37. The van der Waals surface area contributed by atoms with Crippen molar-refractivity contribution in [1.29, 1.82) is 0 Å². The molecule has 1 fully saturated rings. The van der Waals surface area contributed by atoms with Crippen molar-refractivity contribution in [3.63, 3.8) is 0 Å². The van der Waals surface area contributed by atoms with Crippen LogP contribution in [0.3, 0.4) is 0 Å². The Morgan fingerprint density at radius 2 is 2.00 bits per heavy atom. The van der Waals surface area contributed by atoms with Crippen molar-refractivity contribution in [2.75, 3.05) is 4.90 Å². The van der Waals surface area contributed by atoms with E-state index in [1.165, 1.54) is 0 Å². The number of hydrogen-bond donors (Lipinski definition) is 0. The minimum atomic E-state index is -0.559. The van der Waals surface area contributed by atoms with Crippen LogP contribution in [0.4, 0.5) is 5.82 Å². The van der Waals surface area contributed by atoms with Gasteiger partial charge in [-0.15, -0.1) is 0 Å². The largest absolute Gasteiger partial charge is 0.483 e. The maximum atomic E-state index is 13.5. The summed E-state index contributed by atoms with van der Waals surface area (Å²) in [5, 5.41) is 0. The van der Waals surface area contributed by atoms with Crippen LogP contribution in [0.2, 0.25) is 0 Å². The number of carbonyl (C=O) groups is 2. The van der Waals surface area contributed by atoms with Crippen molar-refractivity contribution in [2.45, 2.75) is 38.3 Å². The third-order valence-electron chi connectivity index (χ3n) is 6.01. The summed E-state index contributed by atoms with van der Waals surface area (Å²) in [7, 11) is 0. The SMILES string of the molecule is CC1CCC2OC3=C(C(=O)C2C1)C(c1cccnc1)N(c1ccccn1)C3=O. The molecule has 4 unspecified atom stereocenters. The Balaban J connectivity index is 1.64. The van der Waals surface area contributed by atoms with Gasteiger partial charge in [0.25, 0.3) is 5.91 Å². The van der Waals surface area contributed by atoms with Crippen molar-refractivity contribution in [2.24, 2.45) is 11.8 Å². The number of carbonyl (C=O) groups excluding carboxylic acids is 2. The van der Waals surface area contributed by atoms with Gasteiger partial charge in [-0.25, -0.2) is 4.98 Å². The first-order valence-corrected chi connectivity index (χ1v) is 9.74. The molecule has 5 rings (SSSR count). The number of hydrogen-bond acceptors (Lipinski definition) is 5. The third kappa shape index (κ3) is 2.55. The van der Waals surface area contributed by atoms with Gasteiger partial charge in [0.15, 0.2) is 11.5 Å². The zero-order chi connectivity index (χ0) is 19.3. The number of amides is 1. The number of aromatic nitrogens is 2. The number of fused-ring (bicyclic) bond motifs is 1. The average Bonchev–Trinajstić information content (AvgIpc) is 3.03. The molecule has 0 spiro atoms. The van der Waals surface area contributed by atoms with Gasteiger partial charge in [-0.3, -0.25) is 19.5 Å². The van der Waals surface area contributed by atoms with Crippen LogP contribution in [0.5, 0.6) is 0 Å². The molecule has 28 heavy (non-hydrogen) atoms. The molecule has 4 heterocycles. The van der Waals surface area contributed by atoms with E-state index in [1.807, 2.05) is 18.2 Å². The van der Waals surface area contributed by atoms with E-state index in [9.17, 15) is 9.59 Å². The predicted octanol–water partition coefficient (Wildman–Crippen LogP) is 3.22. The number of ether oxygens (including phenoxy) is 1. The maximum absolute atomic E-state index is 13.5. The van der Waals surface area contributed by atoms with Crippen LogP contribution in [0, 0.1) is 11.8 Å². The first-order valence-electron chi connectivity index (χ1n) is 9.74. The fraction of sp³-hybridized carbons (Fsp3) is 0.364. The molecule has 0 radical (unpaired) electrons. The number of rotatable bonds is 2. The zero-order valence-corrected chi connectivity index (χ0v) is 15.6. The molecule has 0 bridgehead atoms. The summed E-state index contributed by atoms with van der Waals surface area (Å²) in [5.74, 6) is 0.741. The Kier molecular flexibility index (Phi) is 4.00. The Morgan fingerprint density at radius 1 is 1.11 bits per heavy atom. The smallest absolute Gasteiger partial charge is 0.295 e. The monoisotopic (exact) mass is 375 g/mol. The Bertz CT molecular complexity index is 958. The summed E-state index contributed by atoms with van der Waals surface area (Å²) in [6.45, 7) is 2.17. The molecular formula is C22H21N3O3. The van der Waals surface area contributed by atoms with E-state index in [0.29, 0.717) is 17.3 Å². The molecule has 0 N–H and O–H groups in total. The lowest BCUT2D eigenvalue weighted by Crippen LogP contribution is -2.41. The minimum Gasteiger partial charge on any atom is -0.483 e. The molecule has 1 amide bonds. The van der Waals surface area contributed by atoms with Gasteiger partial charge in [0.2, 0.25) is 0 Å². The molecule has 142 valence electrons. The lowest BCUT2D eigenvalue weighted by molar-refractivity contribution is -0.132. The van der Waals surface area contributed by atoms with Gasteiger partial charge in [0.1, 0.15) is 11.9 Å². The standard InChI is InChI=1S/C22H21N3O3/c1-13-7-8-16-15(11-13)20(26)18-19(14-5-4-9-23-12-14)25(22(27)21(18)28-16)17-6-2-3-10-24-17/h2-6,9-10,12-13,15-16,19H,7-8,11H2,1H3. The van der Waals surface area contributed by atoms with Crippen LogP contribution in [-0.4, -0.2) is 27.8 Å². The van der Waals surface area contributed by atoms with E-state index in [2.05, 4.69) is 16.9 Å². The fourth-order valence-electron chi connectivity index (χ4n) is 4.66. The van der Waals surface area contributed by atoms with Gasteiger partial charge in [-0.2, -0.15) is 0 Å². The van der Waals surface area contributed by atoms with E-state index < -0.39 is 6.04 Å². The molecule has 1 saturated carbocycles. The zero-order valence-electron chi connectivity index (χ0n) is 15.6. The summed E-state index contributed by atoms with van der Waals surface area (Å²) in [6.07, 6.45) is 7.45. The van der Waals surface area contributed by atoms with Crippen LogP contribution in [0.15, 0.2) is 60.3 Å². The highest BCUT2D eigenvalue weighted by Crippen LogP contribution is 2.48. The second kappa shape index (κ2) is 6.55. The highest BCUT2D eigenvalue weighted by Gasteiger charge is 2.53. The molecule has 4 atom stereocenters. The van der Waals surface area contributed by atoms with Gasteiger partial charge in [-0.05, 0) is 48.9 Å². The maximum Gasteiger partial charge on any atom is 0.295 e. The van der Waals surface area contributed by atoms with Crippen molar-refractivity contribution < 1.29 is 14.3 Å². The van der Waals surface area contributed by atoms with E-state index in [1.54, 1.807) is 35.6 Å². The number of Topliss-reactive ketones (excluding diaryl/α,β-unsaturated/α-hetero) is 1. The molecule has 3 aliphatic rings. The second-order valence-electron chi connectivity index (χ2n) is 7.84. The quantitative estimate of drug-likeness (QED) is 0.806. The molecule has 2 aromatic rings. The average molecular weight is 375 g/mol. The first kappa shape index (κ1) is 17.1. The predicted molar refractivity (Wildman–Crippen MR) is 102 cm³/mol. The Morgan fingerprint density at radius 3 is 2.75 bits per heavy atom. The molecule has 6 heteroatoms. The lowest BCUT2D eigenvalue weighted by atomic mass is 9.74. The minimum absolute atomic E-state index is 0.0402. The van der Waals surface area contributed by atoms with Crippen molar-refractivity contribution in [3.8, 4) is 0 Å². The van der Waals surface area contributed by atoms with E-state index in [4.69, 9.17) is 4.74 Å². The van der Waals surface area contributed by atoms with Crippen molar-refractivity contribution in [3.05, 3.63) is 65.8 Å². The topological polar surface area (TPSA) is 72.4 Å². The van der Waals surface area contributed by atoms with Crippen LogP contribution in [0.25, 0.3) is 0 Å². The van der Waals surface area contributed by atoms with Crippen LogP contribution >= 0.6 is 0 Å². The second-order valence-corrected chi connectivity index (χ2v) is 7.84. The molecule has 0 saturated heterocycles. The van der Waals surface area contributed by atoms with Gasteiger partial charge >= 0.3 is 0 Å². The summed E-state index contributed by atoms with van der Waals surface area (Å²) < 4.78 is 6.17. The van der Waals surface area contributed by atoms with Gasteiger partial charge < -0.3 is 4.74 Å². The highest BCUT2D eigenvalue weighted by atomic mass is 16.5. The summed E-state index contributed by atoms with van der Waals surface area (Å²) >= 11 is 0. The Labute approximate surface area is 163 Å². The number of pyridine rings is 2. The third-order valence-corrected chi connectivity index (χ3v) is 6.01. The molecule has 6 nitrogen and oxygen atoms in total. The normalized spacial score (nSPS) is 29.4. The number of ketones is 1. The van der Waals surface area contributed by atoms with Crippen molar-refractivity contribution in [1.82, 2.24) is 9.97 Å². The van der Waals surface area contributed by atoms with Crippen molar-refractivity contribution >= 4 is 17.5 Å². The van der Waals surface area contributed by atoms with E-state index in [-0.39, 0.29) is 29.5 Å². The van der Waals surface area contributed by atoms with Crippen LogP contribution in [-0.2, 0) is 14.3 Å². The van der Waals surface area contributed by atoms with E-state index >= 15 is 0 Å². The molecule has 0 aromatic carbocycles. The fourth-order valence-corrected chi connectivity index (χ4v) is 4.66. The van der Waals surface area contributed by atoms with Gasteiger partial charge in [0.05, 0.1) is 17.5 Å². The molecular weight excluding hydrogens is 354 g/mol. The molecule has 2 aliphatic heterocycles. The number of nitrogens with zero attached hydrogens (tertiary/aromatic N) is 3. The number of anilines is 1.